The third-order valence-electron chi connectivity index (χ3n) is 4.55. The van der Waals surface area contributed by atoms with Crippen LogP contribution in [0.2, 0.25) is 5.02 Å². The van der Waals surface area contributed by atoms with E-state index in [0.717, 1.165) is 4.90 Å². The summed E-state index contributed by atoms with van der Waals surface area (Å²) in [7, 11) is 0. The van der Waals surface area contributed by atoms with Crippen molar-refractivity contribution in [3.05, 3.63) is 28.3 Å². The van der Waals surface area contributed by atoms with Crippen LogP contribution in [0.25, 0.3) is 0 Å². The highest BCUT2D eigenvalue weighted by Crippen LogP contribution is 2.44. The van der Waals surface area contributed by atoms with E-state index in [1.54, 1.807) is 0 Å². The summed E-state index contributed by atoms with van der Waals surface area (Å²) in [6.45, 7) is 1.52. The van der Waals surface area contributed by atoms with Crippen molar-refractivity contribution in [3.63, 3.8) is 0 Å². The van der Waals surface area contributed by atoms with Crippen molar-refractivity contribution in [1.82, 2.24) is 4.90 Å². The number of hydrogen-bond acceptors (Lipinski definition) is 3. The molecule has 0 spiro atoms. The minimum absolute atomic E-state index is 0.00655. The molecule has 3 unspecified atom stereocenters. The minimum Gasteiger partial charge on any atom is -0.391 e. The van der Waals surface area contributed by atoms with Gasteiger partial charge in [0.25, 0.3) is 0 Å². The summed E-state index contributed by atoms with van der Waals surface area (Å²) in [6.07, 6.45) is -5.84. The lowest BCUT2D eigenvalue weighted by molar-refractivity contribution is -0.156. The lowest BCUT2D eigenvalue weighted by Gasteiger charge is -2.30. The Kier molecular flexibility index (Phi) is 3.89. The lowest BCUT2D eigenvalue weighted by atomic mass is 10.0. The number of fused-ring (bicyclic) bond motifs is 1. The van der Waals surface area contributed by atoms with Crippen LogP contribution in [0.1, 0.15) is 17.5 Å². The van der Waals surface area contributed by atoms with Crippen LogP contribution in [-0.2, 0) is 0 Å². The molecule has 0 saturated carbocycles. The molecule has 3 rings (SSSR count). The number of rotatable bonds is 1. The number of hydrogen-bond donors (Lipinski definition) is 1. The van der Waals surface area contributed by atoms with E-state index in [-0.39, 0.29) is 34.8 Å². The number of aliphatic hydroxyl groups excluding tert-OH is 1. The summed E-state index contributed by atoms with van der Waals surface area (Å²) >= 11 is 6.03. The van der Waals surface area contributed by atoms with Crippen LogP contribution >= 0.6 is 11.6 Å². The van der Waals surface area contributed by atoms with Gasteiger partial charge in [0.15, 0.2) is 6.04 Å². The molecule has 2 heterocycles. The second kappa shape index (κ2) is 5.53. The van der Waals surface area contributed by atoms with Crippen molar-refractivity contribution in [2.24, 2.45) is 0 Å². The normalized spacial score (nSPS) is 26.7. The third-order valence-corrected chi connectivity index (χ3v) is 5.03. The quantitative estimate of drug-likeness (QED) is 0.838. The zero-order chi connectivity index (χ0) is 17.8. The Hall–Kier alpha value is -1.98. The van der Waals surface area contributed by atoms with Crippen LogP contribution < -0.4 is 4.90 Å². The molecule has 2 amide bonds. The highest BCUT2D eigenvalue weighted by Gasteiger charge is 2.62. The van der Waals surface area contributed by atoms with E-state index in [1.807, 2.05) is 6.07 Å². The Bertz CT molecular complexity index is 747. The van der Waals surface area contributed by atoms with E-state index in [2.05, 4.69) is 0 Å². The van der Waals surface area contributed by atoms with Gasteiger partial charge >= 0.3 is 12.2 Å². The Morgan fingerprint density at radius 2 is 2.08 bits per heavy atom. The van der Waals surface area contributed by atoms with Gasteiger partial charge in [-0.2, -0.15) is 18.4 Å². The highest BCUT2D eigenvalue weighted by atomic mass is 35.5. The zero-order valence-corrected chi connectivity index (χ0v) is 13.3. The molecule has 1 N–H and O–H groups in total. The van der Waals surface area contributed by atoms with Crippen molar-refractivity contribution in [1.29, 1.82) is 5.26 Å². The molecule has 24 heavy (non-hydrogen) atoms. The van der Waals surface area contributed by atoms with Crippen molar-refractivity contribution in [2.45, 2.75) is 37.7 Å². The second-order valence-corrected chi connectivity index (χ2v) is 6.24. The van der Waals surface area contributed by atoms with E-state index in [9.17, 15) is 23.1 Å². The smallest absolute Gasteiger partial charge is 0.391 e. The number of nitrogens with zero attached hydrogens (tertiary/aromatic N) is 3. The molecular formula is C15H13ClF3N3O2. The average Bonchev–Trinajstić information content (AvgIpc) is 3.01. The number of benzene rings is 1. The fourth-order valence-electron chi connectivity index (χ4n) is 3.43. The van der Waals surface area contributed by atoms with E-state index < -0.39 is 30.4 Å². The molecule has 5 nitrogen and oxygen atoms in total. The molecule has 0 radical (unpaired) electrons. The predicted molar refractivity (Wildman–Crippen MR) is 79.7 cm³/mol. The first kappa shape index (κ1) is 16.9. The van der Waals surface area contributed by atoms with Gasteiger partial charge in [-0.25, -0.2) is 4.79 Å². The van der Waals surface area contributed by atoms with Crippen LogP contribution in [0.3, 0.4) is 0 Å². The molecule has 9 heteroatoms. The average molecular weight is 360 g/mol. The van der Waals surface area contributed by atoms with Gasteiger partial charge in [0.1, 0.15) is 6.07 Å². The van der Waals surface area contributed by atoms with Gasteiger partial charge in [-0.1, -0.05) is 11.6 Å². The summed E-state index contributed by atoms with van der Waals surface area (Å²) in [5.74, 6) is 0. The second-order valence-electron chi connectivity index (χ2n) is 5.86. The number of anilines is 1. The number of amides is 2. The molecule has 0 aliphatic carbocycles. The maximum absolute atomic E-state index is 13.6. The van der Waals surface area contributed by atoms with E-state index >= 15 is 0 Å². The Balaban J connectivity index is 2.14. The van der Waals surface area contributed by atoms with Crippen LogP contribution in [0.5, 0.6) is 0 Å². The molecule has 1 aromatic rings. The molecule has 2 fully saturated rings. The van der Waals surface area contributed by atoms with Crippen LogP contribution in [-0.4, -0.2) is 46.9 Å². The Labute approximate surface area is 140 Å². The zero-order valence-electron chi connectivity index (χ0n) is 12.5. The number of carbonyl (C=O) groups excluding carboxylic acids is 1. The lowest BCUT2D eigenvalue weighted by Crippen LogP contribution is -2.51. The maximum Gasteiger partial charge on any atom is 0.411 e. The molecule has 1 aromatic carbocycles. The first-order valence-electron chi connectivity index (χ1n) is 7.22. The van der Waals surface area contributed by atoms with Crippen molar-refractivity contribution < 1.29 is 23.1 Å². The van der Waals surface area contributed by atoms with Crippen molar-refractivity contribution >= 4 is 23.3 Å². The first-order valence-corrected chi connectivity index (χ1v) is 7.60. The van der Waals surface area contributed by atoms with E-state index in [4.69, 9.17) is 16.9 Å². The highest BCUT2D eigenvalue weighted by molar-refractivity contribution is 6.33. The Morgan fingerprint density at radius 3 is 2.67 bits per heavy atom. The predicted octanol–water partition coefficient (Wildman–Crippen LogP) is 2.83. The third kappa shape index (κ3) is 2.31. The van der Waals surface area contributed by atoms with Crippen molar-refractivity contribution in [2.75, 3.05) is 11.4 Å². The Morgan fingerprint density at radius 1 is 1.42 bits per heavy atom. The van der Waals surface area contributed by atoms with Crippen LogP contribution in [0.4, 0.5) is 23.7 Å². The van der Waals surface area contributed by atoms with Gasteiger partial charge in [-0.3, -0.25) is 4.90 Å². The van der Waals surface area contributed by atoms with Gasteiger partial charge in [0, 0.05) is 6.54 Å². The van der Waals surface area contributed by atoms with Crippen molar-refractivity contribution in [3.8, 4) is 6.07 Å². The molecule has 0 bridgehead atoms. The summed E-state index contributed by atoms with van der Waals surface area (Å²) < 4.78 is 40.9. The largest absolute Gasteiger partial charge is 0.411 e. The van der Waals surface area contributed by atoms with Crippen LogP contribution in [0.15, 0.2) is 12.1 Å². The SMILES string of the molecule is Cc1c(N2C(=O)N3CCC(O)C3C2C(F)(F)F)ccc(C#N)c1Cl. The molecule has 2 saturated heterocycles. The summed E-state index contributed by atoms with van der Waals surface area (Å²) in [4.78, 5) is 14.2. The van der Waals surface area contributed by atoms with Gasteiger partial charge in [-0.05, 0) is 31.0 Å². The monoisotopic (exact) mass is 359 g/mol. The van der Waals surface area contributed by atoms with E-state index in [0.29, 0.717) is 4.90 Å². The molecule has 128 valence electrons. The number of carbonyl (C=O) groups is 1. The fraction of sp³-hybridized carbons (Fsp3) is 0.467. The van der Waals surface area contributed by atoms with Gasteiger partial charge < -0.3 is 10.0 Å². The molecule has 2 aliphatic heterocycles. The number of alkyl halides is 3. The standard InChI is InChI=1S/C15H13ClF3N3O2/c1-7-9(3-2-8(6-20)11(7)16)22-13(15(17,18)19)12-10(23)4-5-21(12)14(22)24/h2-3,10,12-13,23H,4-5H2,1H3. The fourth-order valence-corrected chi connectivity index (χ4v) is 3.63. The number of aliphatic hydroxyl groups is 1. The molecule has 0 aromatic heterocycles. The topological polar surface area (TPSA) is 67.6 Å². The van der Waals surface area contributed by atoms with Gasteiger partial charge in [-0.15, -0.1) is 0 Å². The first-order chi connectivity index (χ1) is 11.2. The van der Waals surface area contributed by atoms with Gasteiger partial charge in [0.2, 0.25) is 0 Å². The summed E-state index contributed by atoms with van der Waals surface area (Å²) in [6, 6.07) is 0.0910. The van der Waals surface area contributed by atoms with E-state index in [1.165, 1.54) is 19.1 Å². The minimum atomic E-state index is -4.72. The van der Waals surface area contributed by atoms with Crippen LogP contribution in [0, 0.1) is 18.3 Å². The molecule has 3 atom stereocenters. The maximum atomic E-state index is 13.6. The number of nitriles is 1. The summed E-state index contributed by atoms with van der Waals surface area (Å²) in [5, 5.41) is 18.9. The van der Waals surface area contributed by atoms with Gasteiger partial charge in [0.05, 0.1) is 28.4 Å². The summed E-state index contributed by atoms with van der Waals surface area (Å²) in [5.41, 5.74) is 0.329. The molecule has 2 aliphatic rings. The number of urea groups is 1. The molecular weight excluding hydrogens is 347 g/mol. The number of halogens is 4.